The molecule has 0 N–H and O–H groups in total. The van der Waals surface area contributed by atoms with E-state index in [1.807, 2.05) is 0 Å². The van der Waals surface area contributed by atoms with Crippen molar-refractivity contribution < 1.29 is 0 Å². The summed E-state index contributed by atoms with van der Waals surface area (Å²) in [6.45, 7) is 0. The molecule has 10 aromatic carbocycles. The fourth-order valence-corrected chi connectivity index (χ4v) is 13.0. The third-order valence-electron chi connectivity index (χ3n) is 13.5. The molecule has 0 saturated heterocycles. The molecule has 0 fully saturated rings. The van der Waals surface area contributed by atoms with Gasteiger partial charge in [0.2, 0.25) is 0 Å². The molecule has 0 atom stereocenters. The van der Waals surface area contributed by atoms with E-state index in [-0.39, 0.29) is 14.5 Å². The van der Waals surface area contributed by atoms with Crippen LogP contribution in [0, 0.1) is 0 Å². The molecule has 0 bridgehead atoms. The summed E-state index contributed by atoms with van der Waals surface area (Å²) in [5.41, 5.74) is 15.7. The second kappa shape index (κ2) is 13.8. The minimum atomic E-state index is 0.222. The summed E-state index contributed by atoms with van der Waals surface area (Å²) >= 11 is 0.222. The van der Waals surface area contributed by atoms with E-state index in [0.717, 1.165) is 11.4 Å². The molecule has 14 rings (SSSR count). The zero-order chi connectivity index (χ0) is 41.9. The number of para-hydroxylation sites is 4. The normalized spacial score (nSPS) is 12.1. The van der Waals surface area contributed by atoms with Crippen LogP contribution >= 0.6 is 0 Å². The van der Waals surface area contributed by atoms with Crippen molar-refractivity contribution in [2.75, 3.05) is 0 Å². The van der Waals surface area contributed by atoms with Crippen LogP contribution in [-0.4, -0.2) is 28.2 Å². The molecule has 0 amide bonds. The molecule has 14 aromatic rings. The van der Waals surface area contributed by atoms with Crippen LogP contribution < -0.4 is 0 Å². The molecule has 3 nitrogen and oxygen atoms in total. The van der Waals surface area contributed by atoms with Crippen LogP contribution in [0.2, 0.25) is 0 Å². The van der Waals surface area contributed by atoms with E-state index in [1.165, 1.54) is 113 Å². The van der Waals surface area contributed by atoms with Crippen LogP contribution in [0.5, 0.6) is 0 Å². The summed E-state index contributed by atoms with van der Waals surface area (Å²) in [5, 5.41) is 10.2. The number of hydrogen-bond acceptors (Lipinski definition) is 0. The number of hydrogen-bond donors (Lipinski definition) is 0. The molecular formula is C60H37N3Se. The summed E-state index contributed by atoms with van der Waals surface area (Å²) in [6, 6.07) is 83.1. The van der Waals surface area contributed by atoms with E-state index in [9.17, 15) is 0 Å². The van der Waals surface area contributed by atoms with Gasteiger partial charge in [-0.15, -0.1) is 0 Å². The van der Waals surface area contributed by atoms with Crippen LogP contribution in [0.3, 0.4) is 0 Å². The third kappa shape index (κ3) is 5.15. The maximum absolute atomic E-state index is 2.57. The maximum atomic E-state index is 2.57. The number of benzene rings is 10. The van der Waals surface area contributed by atoms with Crippen molar-refractivity contribution in [1.29, 1.82) is 0 Å². The van der Waals surface area contributed by atoms with Gasteiger partial charge in [0.05, 0.1) is 11.0 Å². The van der Waals surface area contributed by atoms with Gasteiger partial charge in [-0.25, -0.2) is 0 Å². The van der Waals surface area contributed by atoms with Gasteiger partial charge in [0.25, 0.3) is 0 Å². The quantitative estimate of drug-likeness (QED) is 0.153. The SMILES string of the molecule is c1ccc(-c2ccc(-c3ccc4[se]c5ccccc5c4c3-n3c4ccccc4c4cc(-n5c6ccccc6c6cc(-n7c8ccccc8c8ccccc87)ccc65)ccc43)cc2)cc1. The first-order valence-corrected chi connectivity index (χ1v) is 23.6. The Balaban J connectivity index is 1.00. The van der Waals surface area contributed by atoms with Gasteiger partial charge in [0.15, 0.2) is 0 Å². The van der Waals surface area contributed by atoms with Crippen molar-refractivity contribution in [3.05, 3.63) is 224 Å². The third-order valence-corrected chi connectivity index (χ3v) is 15.8. The minimum absolute atomic E-state index is 0.222. The van der Waals surface area contributed by atoms with Crippen molar-refractivity contribution in [2.45, 2.75) is 0 Å². The van der Waals surface area contributed by atoms with Crippen molar-refractivity contribution in [1.82, 2.24) is 13.7 Å². The molecule has 0 aliphatic carbocycles. The second-order valence-corrected chi connectivity index (χ2v) is 19.1. The second-order valence-electron chi connectivity index (χ2n) is 16.9. The van der Waals surface area contributed by atoms with E-state index in [1.54, 1.807) is 0 Å². The molecule has 0 spiro atoms. The van der Waals surface area contributed by atoms with Crippen LogP contribution in [0.4, 0.5) is 0 Å². The van der Waals surface area contributed by atoms with Crippen molar-refractivity contribution in [3.8, 4) is 39.3 Å². The summed E-state index contributed by atoms with van der Waals surface area (Å²) in [4.78, 5) is 0. The molecule has 0 aliphatic rings. The fraction of sp³-hybridized carbons (Fsp3) is 0. The molecule has 0 aliphatic heterocycles. The number of fused-ring (bicyclic) bond motifs is 12. The Morgan fingerprint density at radius 2 is 0.688 bits per heavy atom. The Morgan fingerprint density at radius 1 is 0.266 bits per heavy atom. The predicted octanol–water partition coefficient (Wildman–Crippen LogP) is 15.7. The average Bonchev–Trinajstić information content (AvgIpc) is 4.10. The molecule has 0 radical (unpaired) electrons. The van der Waals surface area contributed by atoms with Gasteiger partial charge in [-0.3, -0.25) is 0 Å². The molecule has 0 saturated carbocycles. The van der Waals surface area contributed by atoms with Gasteiger partial charge < -0.3 is 4.57 Å². The zero-order valence-electron chi connectivity index (χ0n) is 34.6. The van der Waals surface area contributed by atoms with Crippen LogP contribution in [-0.2, 0) is 0 Å². The average molecular weight is 879 g/mol. The first-order valence-electron chi connectivity index (χ1n) is 21.9. The molecule has 64 heavy (non-hydrogen) atoms. The van der Waals surface area contributed by atoms with Gasteiger partial charge >= 0.3 is 290 Å². The van der Waals surface area contributed by atoms with E-state index < -0.39 is 0 Å². The Labute approximate surface area is 374 Å². The van der Waals surface area contributed by atoms with Crippen LogP contribution in [0.25, 0.3) is 124 Å². The Kier molecular flexibility index (Phi) is 7.70. The van der Waals surface area contributed by atoms with Gasteiger partial charge in [-0.2, -0.15) is 0 Å². The first-order chi connectivity index (χ1) is 31.8. The molecule has 0 unspecified atom stereocenters. The fourth-order valence-electron chi connectivity index (χ4n) is 10.7. The Bertz CT molecular complexity index is 4130. The molecule has 4 heterocycles. The summed E-state index contributed by atoms with van der Waals surface area (Å²) in [5.74, 6) is 0. The van der Waals surface area contributed by atoms with E-state index >= 15 is 0 Å². The van der Waals surface area contributed by atoms with Gasteiger partial charge in [0, 0.05) is 16.5 Å². The monoisotopic (exact) mass is 879 g/mol. The van der Waals surface area contributed by atoms with Crippen molar-refractivity contribution in [2.24, 2.45) is 0 Å². The van der Waals surface area contributed by atoms with Crippen LogP contribution in [0.1, 0.15) is 0 Å². The van der Waals surface area contributed by atoms with Gasteiger partial charge in [-0.05, 0) is 12.1 Å². The molecule has 4 aromatic heterocycles. The van der Waals surface area contributed by atoms with Crippen molar-refractivity contribution >= 4 is 99.2 Å². The molecule has 298 valence electrons. The predicted molar refractivity (Wildman–Crippen MR) is 272 cm³/mol. The van der Waals surface area contributed by atoms with Crippen LogP contribution in [0.15, 0.2) is 224 Å². The van der Waals surface area contributed by atoms with Gasteiger partial charge in [-0.1, -0.05) is 42.5 Å². The summed E-state index contributed by atoms with van der Waals surface area (Å²) < 4.78 is 10.3. The number of nitrogens with zero attached hydrogens (tertiary/aromatic N) is 3. The molecular weight excluding hydrogens is 842 g/mol. The summed E-state index contributed by atoms with van der Waals surface area (Å²) in [6.07, 6.45) is 0. The Morgan fingerprint density at radius 3 is 1.27 bits per heavy atom. The molecule has 4 heteroatoms. The van der Waals surface area contributed by atoms with Gasteiger partial charge in [0.1, 0.15) is 0 Å². The van der Waals surface area contributed by atoms with E-state index in [2.05, 4.69) is 238 Å². The zero-order valence-corrected chi connectivity index (χ0v) is 36.3. The van der Waals surface area contributed by atoms with E-state index in [4.69, 9.17) is 0 Å². The topological polar surface area (TPSA) is 14.8 Å². The number of aromatic nitrogens is 3. The first kappa shape index (κ1) is 35.7. The summed E-state index contributed by atoms with van der Waals surface area (Å²) in [7, 11) is 0. The standard InChI is InChI=1S/C60H37N3Se/c1-2-14-38(15-3-1)39-26-28-40(29-27-39)43-32-35-58-59(48-20-8-13-25-57(48)64-58)60(43)63-54-24-12-7-19-47(54)50-37-42(31-34-56(50)63)62-53-23-11-6-18-46(53)49-36-41(30-33-55(49)62)61-51-21-9-4-16-44(51)45-17-5-10-22-52(45)61/h1-37H. The number of rotatable bonds is 5. The van der Waals surface area contributed by atoms with Crippen molar-refractivity contribution in [3.63, 3.8) is 0 Å². The Hall–Kier alpha value is -7.88. The van der Waals surface area contributed by atoms with E-state index in [0.29, 0.717) is 0 Å².